The summed E-state index contributed by atoms with van der Waals surface area (Å²) in [6.45, 7) is 1.94. The maximum absolute atomic E-state index is 11.6. The molecule has 0 unspecified atom stereocenters. The minimum absolute atomic E-state index is 0.138. The first-order valence-electron chi connectivity index (χ1n) is 6.56. The Morgan fingerprint density at radius 2 is 2.05 bits per heavy atom. The number of carbonyl (C=O) groups is 2. The first-order chi connectivity index (χ1) is 9.52. The van der Waals surface area contributed by atoms with E-state index in [2.05, 4.69) is 20.8 Å². The number of aryl methyl sites for hydroxylation is 1. The molecule has 8 heteroatoms. The number of amides is 2. The lowest BCUT2D eigenvalue weighted by atomic mass is 9.86. The minimum atomic E-state index is -0.843. The van der Waals surface area contributed by atoms with E-state index in [0.717, 1.165) is 12.8 Å². The molecule has 1 aliphatic rings. The van der Waals surface area contributed by atoms with Gasteiger partial charge in [0.15, 0.2) is 5.82 Å². The van der Waals surface area contributed by atoms with Gasteiger partial charge >= 0.3 is 12.0 Å². The van der Waals surface area contributed by atoms with E-state index in [9.17, 15) is 14.7 Å². The Balaban J connectivity index is 1.78. The number of nitrogens with zero attached hydrogens (tertiary/aromatic N) is 2. The average molecular weight is 282 g/mol. The summed E-state index contributed by atoms with van der Waals surface area (Å²) in [5, 5.41) is 18.1. The van der Waals surface area contributed by atoms with E-state index in [1.807, 2.05) is 0 Å². The molecule has 1 aliphatic carbocycles. The molecule has 0 atom stereocenters. The van der Waals surface area contributed by atoms with E-state index < -0.39 is 17.4 Å². The van der Waals surface area contributed by atoms with Crippen molar-refractivity contribution < 1.29 is 19.2 Å². The summed E-state index contributed by atoms with van der Waals surface area (Å²) in [6.07, 6.45) is 2.98. The number of hydrogen-bond acceptors (Lipinski definition) is 5. The van der Waals surface area contributed by atoms with E-state index in [-0.39, 0.29) is 13.1 Å². The van der Waals surface area contributed by atoms with Crippen molar-refractivity contribution in [3.63, 3.8) is 0 Å². The van der Waals surface area contributed by atoms with Crippen LogP contribution in [-0.4, -0.2) is 33.8 Å². The highest BCUT2D eigenvalue weighted by Crippen LogP contribution is 2.37. The molecule has 0 spiro atoms. The Bertz CT molecular complexity index is 493. The third-order valence-electron chi connectivity index (χ3n) is 3.58. The van der Waals surface area contributed by atoms with Crippen LogP contribution in [0.3, 0.4) is 0 Å². The molecule has 20 heavy (non-hydrogen) atoms. The summed E-state index contributed by atoms with van der Waals surface area (Å²) in [5.41, 5.74) is -0.819. The van der Waals surface area contributed by atoms with Crippen molar-refractivity contribution in [2.75, 3.05) is 6.54 Å². The van der Waals surface area contributed by atoms with Gasteiger partial charge in [0.25, 0.3) is 0 Å². The van der Waals surface area contributed by atoms with Gasteiger partial charge in [-0.2, -0.15) is 4.98 Å². The number of carbonyl (C=O) groups excluding carboxylic acids is 1. The van der Waals surface area contributed by atoms with Gasteiger partial charge in [0.05, 0.1) is 12.0 Å². The second-order valence-corrected chi connectivity index (χ2v) is 5.06. The SMILES string of the molecule is Cc1nc(CNC(=O)NCC2(C(=O)O)CCCC2)no1. The summed E-state index contributed by atoms with van der Waals surface area (Å²) in [5.74, 6) is -0.0337. The lowest BCUT2D eigenvalue weighted by molar-refractivity contribution is -0.148. The van der Waals surface area contributed by atoms with Crippen LogP contribution in [0.15, 0.2) is 4.52 Å². The van der Waals surface area contributed by atoms with Gasteiger partial charge in [-0.3, -0.25) is 4.79 Å². The van der Waals surface area contributed by atoms with Crippen molar-refractivity contribution in [1.29, 1.82) is 0 Å². The van der Waals surface area contributed by atoms with Crippen molar-refractivity contribution in [2.24, 2.45) is 5.41 Å². The third-order valence-corrected chi connectivity index (χ3v) is 3.58. The topological polar surface area (TPSA) is 117 Å². The summed E-state index contributed by atoms with van der Waals surface area (Å²) >= 11 is 0. The predicted octanol–water partition coefficient (Wildman–Crippen LogP) is 0.822. The first kappa shape index (κ1) is 14.3. The van der Waals surface area contributed by atoms with Crippen LogP contribution in [0.5, 0.6) is 0 Å². The van der Waals surface area contributed by atoms with Crippen LogP contribution < -0.4 is 10.6 Å². The van der Waals surface area contributed by atoms with Gasteiger partial charge in [-0.25, -0.2) is 4.79 Å². The summed E-state index contributed by atoms with van der Waals surface area (Å²) < 4.78 is 4.77. The molecule has 0 radical (unpaired) electrons. The summed E-state index contributed by atoms with van der Waals surface area (Å²) in [7, 11) is 0. The Hall–Kier alpha value is -2.12. The average Bonchev–Trinajstić information content (AvgIpc) is 3.03. The maximum atomic E-state index is 11.6. The quantitative estimate of drug-likeness (QED) is 0.736. The fourth-order valence-electron chi connectivity index (χ4n) is 2.40. The zero-order chi connectivity index (χ0) is 14.6. The number of carboxylic acids is 1. The molecule has 8 nitrogen and oxygen atoms in total. The van der Waals surface area contributed by atoms with Gasteiger partial charge < -0.3 is 20.3 Å². The number of carboxylic acid groups (broad SMARTS) is 1. The molecule has 0 saturated heterocycles. The molecule has 1 saturated carbocycles. The maximum Gasteiger partial charge on any atom is 0.315 e. The fourth-order valence-corrected chi connectivity index (χ4v) is 2.40. The molecule has 3 N–H and O–H groups in total. The van der Waals surface area contributed by atoms with Crippen LogP contribution in [-0.2, 0) is 11.3 Å². The lowest BCUT2D eigenvalue weighted by Gasteiger charge is -2.23. The summed E-state index contributed by atoms with van der Waals surface area (Å²) in [6, 6.07) is -0.431. The molecule has 0 bridgehead atoms. The molecule has 1 aromatic heterocycles. The minimum Gasteiger partial charge on any atom is -0.481 e. The molecule has 1 aromatic rings. The second kappa shape index (κ2) is 5.89. The Labute approximate surface area is 115 Å². The van der Waals surface area contributed by atoms with Gasteiger partial charge in [-0.05, 0) is 12.8 Å². The van der Waals surface area contributed by atoms with E-state index in [0.29, 0.717) is 24.6 Å². The van der Waals surface area contributed by atoms with Crippen LogP contribution in [0, 0.1) is 12.3 Å². The van der Waals surface area contributed by atoms with Crippen molar-refractivity contribution >= 4 is 12.0 Å². The zero-order valence-electron chi connectivity index (χ0n) is 11.3. The number of aromatic nitrogens is 2. The Morgan fingerprint density at radius 1 is 1.35 bits per heavy atom. The molecular weight excluding hydrogens is 264 g/mol. The van der Waals surface area contributed by atoms with Crippen molar-refractivity contribution in [3.8, 4) is 0 Å². The smallest absolute Gasteiger partial charge is 0.315 e. The Morgan fingerprint density at radius 3 is 2.60 bits per heavy atom. The van der Waals surface area contributed by atoms with E-state index in [4.69, 9.17) is 4.52 Å². The lowest BCUT2D eigenvalue weighted by Crippen LogP contribution is -2.44. The van der Waals surface area contributed by atoms with Gasteiger partial charge in [0, 0.05) is 13.5 Å². The van der Waals surface area contributed by atoms with Gasteiger partial charge in [0.1, 0.15) is 0 Å². The molecule has 1 heterocycles. The van der Waals surface area contributed by atoms with E-state index in [1.165, 1.54) is 0 Å². The molecular formula is C12H18N4O4. The van der Waals surface area contributed by atoms with Crippen LogP contribution >= 0.6 is 0 Å². The molecule has 2 amide bonds. The van der Waals surface area contributed by atoms with Crippen LogP contribution in [0.1, 0.15) is 37.4 Å². The molecule has 0 aliphatic heterocycles. The summed E-state index contributed by atoms with van der Waals surface area (Å²) in [4.78, 5) is 26.9. The van der Waals surface area contributed by atoms with Gasteiger partial charge in [0.2, 0.25) is 5.89 Å². The first-order valence-corrected chi connectivity index (χ1v) is 6.56. The highest BCUT2D eigenvalue weighted by Gasteiger charge is 2.41. The van der Waals surface area contributed by atoms with Crippen molar-refractivity contribution in [2.45, 2.75) is 39.2 Å². The van der Waals surface area contributed by atoms with E-state index >= 15 is 0 Å². The van der Waals surface area contributed by atoms with Crippen molar-refractivity contribution in [3.05, 3.63) is 11.7 Å². The number of urea groups is 1. The predicted molar refractivity (Wildman–Crippen MR) is 67.8 cm³/mol. The molecule has 1 fully saturated rings. The van der Waals surface area contributed by atoms with Gasteiger partial charge in [-0.15, -0.1) is 0 Å². The number of hydrogen-bond donors (Lipinski definition) is 3. The number of nitrogens with one attached hydrogen (secondary N) is 2. The molecule has 0 aromatic carbocycles. The number of aliphatic carboxylic acids is 1. The highest BCUT2D eigenvalue weighted by molar-refractivity contribution is 5.78. The standard InChI is InChI=1S/C12H18N4O4/c1-8-15-9(16-20-8)6-13-11(19)14-7-12(10(17)18)4-2-3-5-12/h2-7H2,1H3,(H,17,18)(H2,13,14,19). The highest BCUT2D eigenvalue weighted by atomic mass is 16.5. The number of rotatable bonds is 5. The Kier molecular flexibility index (Phi) is 4.21. The fraction of sp³-hybridized carbons (Fsp3) is 0.667. The van der Waals surface area contributed by atoms with E-state index in [1.54, 1.807) is 6.92 Å². The normalized spacial score (nSPS) is 16.9. The van der Waals surface area contributed by atoms with Gasteiger partial charge in [-0.1, -0.05) is 18.0 Å². The van der Waals surface area contributed by atoms with Crippen LogP contribution in [0.4, 0.5) is 4.79 Å². The molecule has 110 valence electrons. The monoisotopic (exact) mass is 282 g/mol. The van der Waals surface area contributed by atoms with Crippen molar-refractivity contribution in [1.82, 2.24) is 20.8 Å². The molecule has 2 rings (SSSR count). The second-order valence-electron chi connectivity index (χ2n) is 5.06. The third kappa shape index (κ3) is 3.25. The van der Waals surface area contributed by atoms with Crippen LogP contribution in [0.2, 0.25) is 0 Å². The zero-order valence-corrected chi connectivity index (χ0v) is 11.3. The largest absolute Gasteiger partial charge is 0.481 e. The van der Waals surface area contributed by atoms with Crippen LogP contribution in [0.25, 0.3) is 0 Å².